The fourth-order valence-electron chi connectivity index (χ4n) is 2.49. The molecule has 6 nitrogen and oxygen atoms in total. The molecular weight excluding hydrogens is 395 g/mol. The summed E-state index contributed by atoms with van der Waals surface area (Å²) in [6.07, 6.45) is 1.02. The van der Waals surface area contributed by atoms with Gasteiger partial charge < -0.3 is 10.1 Å². The lowest BCUT2D eigenvalue weighted by Gasteiger charge is -2.28. The summed E-state index contributed by atoms with van der Waals surface area (Å²) in [5.74, 6) is -0.611. The Morgan fingerprint density at radius 1 is 1.26 bits per heavy atom. The summed E-state index contributed by atoms with van der Waals surface area (Å²) < 4.78 is 44.2. The average molecular weight is 415 g/mol. The molecule has 0 bridgehead atoms. The highest BCUT2D eigenvalue weighted by Gasteiger charge is 2.29. The van der Waals surface area contributed by atoms with Crippen molar-refractivity contribution in [3.05, 3.63) is 53.3 Å². The second-order valence-corrected chi connectivity index (χ2v) is 8.05. The van der Waals surface area contributed by atoms with Gasteiger partial charge in [0.1, 0.15) is 17.6 Å². The van der Waals surface area contributed by atoms with Crippen LogP contribution < -0.4 is 14.4 Å². The van der Waals surface area contributed by atoms with E-state index in [2.05, 4.69) is 5.32 Å². The fraction of sp³-hybridized carbons (Fsp3) is 0.278. The molecule has 0 aliphatic rings. The van der Waals surface area contributed by atoms with Crippen molar-refractivity contribution in [3.63, 3.8) is 0 Å². The predicted octanol–water partition coefficient (Wildman–Crippen LogP) is 3.67. The summed E-state index contributed by atoms with van der Waals surface area (Å²) in [6, 6.07) is 9.03. The smallest absolute Gasteiger partial charge is 0.247 e. The zero-order valence-electron chi connectivity index (χ0n) is 15.1. The van der Waals surface area contributed by atoms with Crippen LogP contribution in [-0.2, 0) is 14.8 Å². The molecular formula is C18H20ClFN2O4S. The van der Waals surface area contributed by atoms with Gasteiger partial charge in [0.2, 0.25) is 15.9 Å². The third-order valence-corrected chi connectivity index (χ3v) is 5.21. The van der Waals surface area contributed by atoms with E-state index in [-0.39, 0.29) is 10.7 Å². The van der Waals surface area contributed by atoms with Crippen LogP contribution in [0.3, 0.4) is 0 Å². The average Bonchev–Trinajstić information content (AvgIpc) is 2.59. The molecule has 2 aromatic carbocycles. The molecule has 0 aliphatic heterocycles. The van der Waals surface area contributed by atoms with Gasteiger partial charge in [0.05, 0.1) is 23.6 Å². The molecule has 0 aliphatic carbocycles. The molecule has 1 atom stereocenters. The number of anilines is 2. The Hall–Kier alpha value is -2.32. The number of carbonyl (C=O) groups excluding carboxylic acids is 1. The van der Waals surface area contributed by atoms with E-state index in [0.29, 0.717) is 18.0 Å². The van der Waals surface area contributed by atoms with E-state index in [1.165, 1.54) is 19.1 Å². The molecule has 2 rings (SSSR count). The number of halogens is 2. The Morgan fingerprint density at radius 3 is 2.41 bits per heavy atom. The lowest BCUT2D eigenvalue weighted by molar-refractivity contribution is -0.116. The number of carbonyl (C=O) groups is 1. The minimum atomic E-state index is -3.75. The highest BCUT2D eigenvalue weighted by atomic mass is 35.5. The number of ether oxygens (including phenoxy) is 1. The number of sulfonamides is 1. The first-order valence-electron chi connectivity index (χ1n) is 8.11. The van der Waals surface area contributed by atoms with Crippen LogP contribution in [0.25, 0.3) is 0 Å². The van der Waals surface area contributed by atoms with Crippen molar-refractivity contribution < 1.29 is 22.3 Å². The topological polar surface area (TPSA) is 75.7 Å². The largest absolute Gasteiger partial charge is 0.494 e. The molecule has 0 spiro atoms. The van der Waals surface area contributed by atoms with Gasteiger partial charge in [-0.3, -0.25) is 9.10 Å². The Balaban J connectivity index is 2.27. The SMILES string of the molecule is CCOc1ccc(N(C(C)C(=O)Nc2ccc(F)c(Cl)c2)S(C)(=O)=O)cc1. The van der Waals surface area contributed by atoms with E-state index < -0.39 is 27.8 Å². The second kappa shape index (κ2) is 8.58. The van der Waals surface area contributed by atoms with E-state index >= 15 is 0 Å². The summed E-state index contributed by atoms with van der Waals surface area (Å²) in [5, 5.41) is 2.40. The van der Waals surface area contributed by atoms with Gasteiger partial charge in [-0.2, -0.15) is 0 Å². The highest BCUT2D eigenvalue weighted by Crippen LogP contribution is 2.25. The number of benzene rings is 2. The van der Waals surface area contributed by atoms with Crippen LogP contribution in [-0.4, -0.2) is 33.2 Å². The molecule has 0 saturated carbocycles. The number of nitrogens with one attached hydrogen (secondary N) is 1. The number of nitrogens with zero attached hydrogens (tertiary/aromatic N) is 1. The molecule has 0 aromatic heterocycles. The van der Waals surface area contributed by atoms with Gasteiger partial charge in [0, 0.05) is 5.69 Å². The first-order chi connectivity index (χ1) is 12.6. The van der Waals surface area contributed by atoms with Crippen molar-refractivity contribution >= 4 is 38.9 Å². The van der Waals surface area contributed by atoms with E-state index in [1.807, 2.05) is 6.92 Å². The van der Waals surface area contributed by atoms with Crippen LogP contribution in [0.15, 0.2) is 42.5 Å². The van der Waals surface area contributed by atoms with Gasteiger partial charge in [-0.1, -0.05) is 11.6 Å². The standard InChI is InChI=1S/C18H20ClFN2O4S/c1-4-26-15-8-6-14(7-9-15)22(27(3,24)25)12(2)18(23)21-13-5-10-17(20)16(19)11-13/h5-12H,4H2,1-3H3,(H,21,23). The molecule has 0 fully saturated rings. The van der Waals surface area contributed by atoms with E-state index in [0.717, 1.165) is 16.6 Å². The van der Waals surface area contributed by atoms with Crippen LogP contribution in [0.4, 0.5) is 15.8 Å². The molecule has 1 N–H and O–H groups in total. The molecule has 0 saturated heterocycles. The van der Waals surface area contributed by atoms with Gasteiger partial charge in [-0.15, -0.1) is 0 Å². The highest BCUT2D eigenvalue weighted by molar-refractivity contribution is 7.92. The van der Waals surface area contributed by atoms with Crippen molar-refractivity contribution in [2.24, 2.45) is 0 Å². The van der Waals surface area contributed by atoms with Crippen molar-refractivity contribution in [1.29, 1.82) is 0 Å². The Kier molecular flexibility index (Phi) is 6.67. The maximum atomic E-state index is 13.2. The quantitative estimate of drug-likeness (QED) is 0.750. The monoisotopic (exact) mass is 414 g/mol. The van der Waals surface area contributed by atoms with Crippen LogP contribution >= 0.6 is 11.6 Å². The predicted molar refractivity (Wildman–Crippen MR) is 104 cm³/mol. The van der Waals surface area contributed by atoms with Gasteiger partial charge in [-0.25, -0.2) is 12.8 Å². The van der Waals surface area contributed by atoms with Crippen molar-refractivity contribution in [3.8, 4) is 5.75 Å². The first-order valence-corrected chi connectivity index (χ1v) is 10.3. The van der Waals surface area contributed by atoms with Crippen LogP contribution in [0.1, 0.15) is 13.8 Å². The van der Waals surface area contributed by atoms with Crippen LogP contribution in [0, 0.1) is 5.82 Å². The maximum Gasteiger partial charge on any atom is 0.247 e. The Bertz CT molecular complexity index is 919. The summed E-state index contributed by atoms with van der Waals surface area (Å²) in [7, 11) is -3.75. The first kappa shape index (κ1) is 21.0. The number of hydrogen-bond acceptors (Lipinski definition) is 4. The summed E-state index contributed by atoms with van der Waals surface area (Å²) in [5.41, 5.74) is 0.583. The van der Waals surface area contributed by atoms with Gasteiger partial charge >= 0.3 is 0 Å². The van der Waals surface area contributed by atoms with E-state index in [1.54, 1.807) is 24.3 Å². The molecule has 1 amide bonds. The van der Waals surface area contributed by atoms with Gasteiger partial charge in [0.15, 0.2) is 0 Å². The number of hydrogen-bond donors (Lipinski definition) is 1. The zero-order chi connectivity index (χ0) is 20.2. The molecule has 9 heteroatoms. The normalized spacial score (nSPS) is 12.3. The van der Waals surface area contributed by atoms with Gasteiger partial charge in [0.25, 0.3) is 0 Å². The van der Waals surface area contributed by atoms with Crippen LogP contribution in [0.5, 0.6) is 5.75 Å². The van der Waals surface area contributed by atoms with Gasteiger partial charge in [-0.05, 0) is 56.3 Å². The minimum Gasteiger partial charge on any atom is -0.494 e. The third kappa shape index (κ3) is 5.33. The van der Waals surface area contributed by atoms with E-state index in [4.69, 9.17) is 16.3 Å². The summed E-state index contributed by atoms with van der Waals surface area (Å²) >= 11 is 5.70. The lowest BCUT2D eigenvalue weighted by Crippen LogP contribution is -2.45. The summed E-state index contributed by atoms with van der Waals surface area (Å²) in [4.78, 5) is 12.6. The zero-order valence-corrected chi connectivity index (χ0v) is 16.6. The van der Waals surface area contributed by atoms with Crippen molar-refractivity contribution in [2.45, 2.75) is 19.9 Å². The molecule has 1 unspecified atom stereocenters. The molecule has 2 aromatic rings. The molecule has 27 heavy (non-hydrogen) atoms. The molecule has 146 valence electrons. The number of rotatable bonds is 7. The summed E-state index contributed by atoms with van der Waals surface area (Å²) in [6.45, 7) is 3.77. The molecule has 0 heterocycles. The Morgan fingerprint density at radius 2 is 1.89 bits per heavy atom. The van der Waals surface area contributed by atoms with Crippen LogP contribution in [0.2, 0.25) is 5.02 Å². The second-order valence-electron chi connectivity index (χ2n) is 5.78. The van der Waals surface area contributed by atoms with E-state index in [9.17, 15) is 17.6 Å². The van der Waals surface area contributed by atoms with Crippen molar-refractivity contribution in [1.82, 2.24) is 0 Å². The lowest BCUT2D eigenvalue weighted by atomic mass is 10.2. The maximum absolute atomic E-state index is 13.2. The Labute approximate surface area is 162 Å². The third-order valence-electron chi connectivity index (χ3n) is 3.68. The van der Waals surface area contributed by atoms with Crippen molar-refractivity contribution in [2.75, 3.05) is 22.5 Å². The molecule has 0 radical (unpaired) electrons. The number of amides is 1. The minimum absolute atomic E-state index is 0.146. The fourth-order valence-corrected chi connectivity index (χ4v) is 3.84.